The van der Waals surface area contributed by atoms with Crippen molar-refractivity contribution in [3.63, 3.8) is 0 Å². The van der Waals surface area contributed by atoms with Crippen LogP contribution in [0.5, 0.6) is 0 Å². The molecule has 0 amide bonds. The van der Waals surface area contributed by atoms with E-state index in [1.54, 1.807) is 0 Å². The molecule has 0 spiro atoms. The highest BCUT2D eigenvalue weighted by atomic mass is 15.2. The molecule has 88 valence electrons. The number of nitrogens with two attached hydrogens (primary N) is 1. The predicted molar refractivity (Wildman–Crippen MR) is 69.9 cm³/mol. The second kappa shape index (κ2) is 5.35. The third-order valence-corrected chi connectivity index (χ3v) is 3.17. The summed E-state index contributed by atoms with van der Waals surface area (Å²) < 4.78 is 0. The molecule has 16 heavy (non-hydrogen) atoms. The van der Waals surface area contributed by atoms with Crippen LogP contribution in [-0.4, -0.2) is 19.1 Å². The maximum atomic E-state index is 5.68. The van der Waals surface area contributed by atoms with Crippen molar-refractivity contribution in [2.75, 3.05) is 18.0 Å². The van der Waals surface area contributed by atoms with Crippen LogP contribution in [0.1, 0.15) is 31.7 Å². The molecule has 0 unspecified atom stereocenters. The average Bonchev–Trinajstić information content (AvgIpc) is 3.11. The highest BCUT2D eigenvalue weighted by Crippen LogP contribution is 2.33. The first kappa shape index (κ1) is 11.5. The Morgan fingerprint density at radius 1 is 1.31 bits per heavy atom. The Morgan fingerprint density at radius 3 is 2.69 bits per heavy atom. The van der Waals surface area contributed by atoms with E-state index in [-0.39, 0.29) is 0 Å². The van der Waals surface area contributed by atoms with Gasteiger partial charge in [0.25, 0.3) is 0 Å². The lowest BCUT2D eigenvalue weighted by molar-refractivity contribution is 0.756. The van der Waals surface area contributed by atoms with Crippen molar-refractivity contribution < 1.29 is 0 Å². The van der Waals surface area contributed by atoms with Gasteiger partial charge in [-0.3, -0.25) is 0 Å². The molecule has 1 aliphatic rings. The fourth-order valence-corrected chi connectivity index (χ4v) is 2.28. The summed E-state index contributed by atoms with van der Waals surface area (Å²) >= 11 is 0. The SMILES string of the molecule is CCCN(c1ccccc1CCN)C1CC1. The fourth-order valence-electron chi connectivity index (χ4n) is 2.28. The molecule has 0 aromatic heterocycles. The van der Waals surface area contributed by atoms with Gasteiger partial charge in [-0.05, 0) is 43.9 Å². The van der Waals surface area contributed by atoms with Gasteiger partial charge in [0, 0.05) is 18.3 Å². The maximum Gasteiger partial charge on any atom is 0.0401 e. The smallest absolute Gasteiger partial charge is 0.0401 e. The number of rotatable bonds is 6. The van der Waals surface area contributed by atoms with Crippen molar-refractivity contribution in [1.29, 1.82) is 0 Å². The van der Waals surface area contributed by atoms with Gasteiger partial charge in [-0.15, -0.1) is 0 Å². The largest absolute Gasteiger partial charge is 0.368 e. The van der Waals surface area contributed by atoms with E-state index in [1.807, 2.05) is 0 Å². The van der Waals surface area contributed by atoms with Crippen LogP contribution in [0.3, 0.4) is 0 Å². The van der Waals surface area contributed by atoms with E-state index in [2.05, 4.69) is 36.1 Å². The van der Waals surface area contributed by atoms with Gasteiger partial charge in [-0.1, -0.05) is 25.1 Å². The standard InChI is InChI=1S/C14H22N2/c1-2-11-16(13-7-8-13)14-6-4-3-5-12(14)9-10-15/h3-6,13H,2,7-11,15H2,1H3. The van der Waals surface area contributed by atoms with Gasteiger partial charge in [0.1, 0.15) is 0 Å². The topological polar surface area (TPSA) is 29.3 Å². The Labute approximate surface area is 98.4 Å². The lowest BCUT2D eigenvalue weighted by atomic mass is 10.1. The normalized spacial score (nSPS) is 15.1. The van der Waals surface area contributed by atoms with Crippen molar-refractivity contribution in [1.82, 2.24) is 0 Å². The summed E-state index contributed by atoms with van der Waals surface area (Å²) in [4.78, 5) is 2.57. The summed E-state index contributed by atoms with van der Waals surface area (Å²) in [5.74, 6) is 0. The summed E-state index contributed by atoms with van der Waals surface area (Å²) in [5.41, 5.74) is 8.50. The molecule has 0 aliphatic heterocycles. The summed E-state index contributed by atoms with van der Waals surface area (Å²) in [6.07, 6.45) is 4.92. The molecule has 2 nitrogen and oxygen atoms in total. The molecule has 0 saturated heterocycles. The van der Waals surface area contributed by atoms with Crippen LogP contribution in [0.25, 0.3) is 0 Å². The second-order valence-corrected chi connectivity index (χ2v) is 4.59. The highest BCUT2D eigenvalue weighted by molar-refractivity contribution is 5.55. The highest BCUT2D eigenvalue weighted by Gasteiger charge is 2.29. The third kappa shape index (κ3) is 2.56. The molecule has 0 heterocycles. The van der Waals surface area contributed by atoms with E-state index in [0.29, 0.717) is 0 Å². The van der Waals surface area contributed by atoms with E-state index < -0.39 is 0 Å². The minimum Gasteiger partial charge on any atom is -0.368 e. The number of anilines is 1. The molecule has 2 rings (SSSR count). The Morgan fingerprint density at radius 2 is 2.06 bits per heavy atom. The first-order valence-electron chi connectivity index (χ1n) is 6.41. The Balaban J connectivity index is 2.21. The number of nitrogens with zero attached hydrogens (tertiary/aromatic N) is 1. The van der Waals surface area contributed by atoms with Crippen LogP contribution >= 0.6 is 0 Å². The summed E-state index contributed by atoms with van der Waals surface area (Å²) in [5, 5.41) is 0. The zero-order chi connectivity index (χ0) is 11.4. The van der Waals surface area contributed by atoms with Crippen LogP contribution in [-0.2, 0) is 6.42 Å². The van der Waals surface area contributed by atoms with Crippen LogP contribution in [0.15, 0.2) is 24.3 Å². The van der Waals surface area contributed by atoms with Gasteiger partial charge in [-0.2, -0.15) is 0 Å². The van der Waals surface area contributed by atoms with Crippen LogP contribution in [0, 0.1) is 0 Å². The van der Waals surface area contributed by atoms with Gasteiger partial charge in [0.05, 0.1) is 0 Å². The maximum absolute atomic E-state index is 5.68. The zero-order valence-corrected chi connectivity index (χ0v) is 10.2. The molecule has 0 atom stereocenters. The quantitative estimate of drug-likeness (QED) is 0.795. The van der Waals surface area contributed by atoms with E-state index in [9.17, 15) is 0 Å². The van der Waals surface area contributed by atoms with Gasteiger partial charge in [0.2, 0.25) is 0 Å². The van der Waals surface area contributed by atoms with E-state index >= 15 is 0 Å². The molecule has 2 N–H and O–H groups in total. The lowest BCUT2D eigenvalue weighted by Gasteiger charge is -2.26. The molecule has 2 heteroatoms. The van der Waals surface area contributed by atoms with Crippen molar-refractivity contribution in [3.05, 3.63) is 29.8 Å². The molecule has 0 bridgehead atoms. The zero-order valence-electron chi connectivity index (χ0n) is 10.2. The molecule has 0 radical (unpaired) electrons. The van der Waals surface area contributed by atoms with Gasteiger partial charge in [0.15, 0.2) is 0 Å². The fraction of sp³-hybridized carbons (Fsp3) is 0.571. The monoisotopic (exact) mass is 218 g/mol. The molecule has 1 fully saturated rings. The molecule has 1 aromatic carbocycles. The molecule has 1 aliphatic carbocycles. The van der Waals surface area contributed by atoms with Crippen molar-refractivity contribution >= 4 is 5.69 Å². The Bertz CT molecular complexity index is 331. The predicted octanol–water partition coefficient (Wildman–Crippen LogP) is 2.57. The number of benzene rings is 1. The third-order valence-electron chi connectivity index (χ3n) is 3.17. The van der Waals surface area contributed by atoms with Crippen LogP contribution < -0.4 is 10.6 Å². The molecule has 1 saturated carbocycles. The summed E-state index contributed by atoms with van der Waals surface area (Å²) in [6.45, 7) is 4.16. The molecular formula is C14H22N2. The van der Waals surface area contributed by atoms with Gasteiger partial charge >= 0.3 is 0 Å². The van der Waals surface area contributed by atoms with Crippen LogP contribution in [0.2, 0.25) is 0 Å². The van der Waals surface area contributed by atoms with Crippen LogP contribution in [0.4, 0.5) is 5.69 Å². The van der Waals surface area contributed by atoms with E-state index in [4.69, 9.17) is 5.73 Å². The summed E-state index contributed by atoms with van der Waals surface area (Å²) in [6, 6.07) is 9.51. The minimum absolute atomic E-state index is 0.738. The molecular weight excluding hydrogens is 196 g/mol. The second-order valence-electron chi connectivity index (χ2n) is 4.59. The van der Waals surface area contributed by atoms with E-state index in [1.165, 1.54) is 37.1 Å². The van der Waals surface area contributed by atoms with Crippen molar-refractivity contribution in [2.24, 2.45) is 5.73 Å². The average molecular weight is 218 g/mol. The number of hydrogen-bond acceptors (Lipinski definition) is 2. The number of hydrogen-bond donors (Lipinski definition) is 1. The van der Waals surface area contributed by atoms with Crippen molar-refractivity contribution in [2.45, 2.75) is 38.6 Å². The first-order chi connectivity index (χ1) is 7.86. The van der Waals surface area contributed by atoms with Gasteiger partial charge in [-0.25, -0.2) is 0 Å². The van der Waals surface area contributed by atoms with Gasteiger partial charge < -0.3 is 10.6 Å². The van der Waals surface area contributed by atoms with Crippen molar-refractivity contribution in [3.8, 4) is 0 Å². The molecule has 1 aromatic rings. The lowest BCUT2D eigenvalue weighted by Crippen LogP contribution is -2.27. The summed E-state index contributed by atoms with van der Waals surface area (Å²) in [7, 11) is 0. The Kier molecular flexibility index (Phi) is 3.83. The number of para-hydroxylation sites is 1. The van der Waals surface area contributed by atoms with E-state index in [0.717, 1.165) is 19.0 Å². The minimum atomic E-state index is 0.738. The first-order valence-corrected chi connectivity index (χ1v) is 6.41. The Hall–Kier alpha value is -1.02.